The molecular formula is C20H20FN3O9S. The van der Waals surface area contributed by atoms with Crippen molar-refractivity contribution >= 4 is 39.0 Å². The van der Waals surface area contributed by atoms with E-state index in [1.165, 1.54) is 12.1 Å². The number of benzene rings is 2. The Labute approximate surface area is 193 Å². The Balaban J connectivity index is 2.09. The molecular weight excluding hydrogens is 477 g/mol. The number of nitro groups is 1. The SMILES string of the molecule is O=C1OC(CO)C[N@@+]1(c1cccc(F)c1N1CCOCC1)c1cccc(S(=O)(=O)[O-])c1[N+](=O)[O-]. The van der Waals surface area contributed by atoms with Crippen molar-refractivity contribution in [1.82, 2.24) is 4.48 Å². The Kier molecular flexibility index (Phi) is 6.26. The molecule has 0 bridgehead atoms. The average Bonchev–Trinajstić information content (AvgIpc) is 3.15. The molecule has 2 heterocycles. The van der Waals surface area contributed by atoms with Gasteiger partial charge in [-0.15, -0.1) is 4.48 Å². The van der Waals surface area contributed by atoms with Crippen LogP contribution in [-0.4, -0.2) is 74.7 Å². The van der Waals surface area contributed by atoms with Gasteiger partial charge in [-0.2, -0.15) is 4.79 Å². The van der Waals surface area contributed by atoms with Crippen LogP contribution in [0.5, 0.6) is 0 Å². The third kappa shape index (κ3) is 3.88. The smallest absolute Gasteiger partial charge is 0.527 e. The second kappa shape index (κ2) is 8.88. The molecule has 2 aliphatic rings. The molecule has 12 nitrogen and oxygen atoms in total. The van der Waals surface area contributed by atoms with Crippen molar-refractivity contribution in [2.24, 2.45) is 0 Å². The molecule has 1 N–H and O–H groups in total. The zero-order valence-corrected chi connectivity index (χ0v) is 18.4. The number of nitro benzene ring substituents is 1. The highest BCUT2D eigenvalue weighted by Gasteiger charge is 2.58. The lowest BCUT2D eigenvalue weighted by atomic mass is 10.1. The highest BCUT2D eigenvalue weighted by molar-refractivity contribution is 7.86. The number of hydrogen-bond donors (Lipinski definition) is 1. The summed E-state index contributed by atoms with van der Waals surface area (Å²) < 4.78 is 60.2. The summed E-state index contributed by atoms with van der Waals surface area (Å²) in [6.07, 6.45) is -2.22. The van der Waals surface area contributed by atoms with Crippen LogP contribution in [0.3, 0.4) is 0 Å². The first-order valence-electron chi connectivity index (χ1n) is 10.2. The van der Waals surface area contributed by atoms with Crippen molar-refractivity contribution in [1.29, 1.82) is 0 Å². The van der Waals surface area contributed by atoms with E-state index in [1.54, 1.807) is 4.90 Å². The predicted molar refractivity (Wildman–Crippen MR) is 114 cm³/mol. The molecule has 0 radical (unpaired) electrons. The summed E-state index contributed by atoms with van der Waals surface area (Å²) in [6.45, 7) is -0.00331. The summed E-state index contributed by atoms with van der Waals surface area (Å²) in [5.41, 5.74) is -1.73. The van der Waals surface area contributed by atoms with Gasteiger partial charge >= 0.3 is 11.8 Å². The largest absolute Gasteiger partial charge is 0.744 e. The fourth-order valence-electron chi connectivity index (χ4n) is 4.38. The molecule has 2 aliphatic heterocycles. The third-order valence-electron chi connectivity index (χ3n) is 5.81. The van der Waals surface area contributed by atoms with Gasteiger partial charge < -0.3 is 24.0 Å². The standard InChI is InChI=1S/C20H20FN3O9S/c21-14-3-1-4-15(18(14)22-7-9-32-10-8-22)24(11-13(12-25)33-20(24)26)16-5-2-6-17(34(29,30)31)19(16)23(27)28/h1-6,13,25H,7-12H2/t13?,24-/m1/s1. The molecule has 1 unspecified atom stereocenters. The molecule has 34 heavy (non-hydrogen) atoms. The summed E-state index contributed by atoms with van der Waals surface area (Å²) in [7, 11) is -5.32. The van der Waals surface area contributed by atoms with E-state index in [0.717, 1.165) is 24.3 Å². The Morgan fingerprint density at radius 1 is 1.18 bits per heavy atom. The summed E-state index contributed by atoms with van der Waals surface area (Å²) in [6, 6.07) is 6.79. The first-order valence-corrected chi connectivity index (χ1v) is 11.6. The van der Waals surface area contributed by atoms with Gasteiger partial charge in [0.2, 0.25) is 5.69 Å². The molecule has 2 aromatic rings. The second-order valence-electron chi connectivity index (χ2n) is 7.72. The van der Waals surface area contributed by atoms with E-state index in [-0.39, 0.29) is 37.7 Å². The van der Waals surface area contributed by atoms with E-state index in [1.807, 2.05) is 0 Å². The predicted octanol–water partition coefficient (Wildman–Crippen LogP) is 1.62. The van der Waals surface area contributed by atoms with Crippen LogP contribution >= 0.6 is 0 Å². The molecule has 4 rings (SSSR count). The number of amides is 1. The lowest BCUT2D eigenvalue weighted by molar-refractivity contribution is -0.387. The highest BCUT2D eigenvalue weighted by Crippen LogP contribution is 2.50. The van der Waals surface area contributed by atoms with Gasteiger partial charge in [-0.25, -0.2) is 12.8 Å². The van der Waals surface area contributed by atoms with E-state index in [2.05, 4.69) is 0 Å². The molecule has 2 saturated heterocycles. The van der Waals surface area contributed by atoms with Crippen LogP contribution in [0.1, 0.15) is 0 Å². The van der Waals surface area contributed by atoms with E-state index in [4.69, 9.17) is 9.47 Å². The van der Waals surface area contributed by atoms with Gasteiger partial charge in [-0.1, -0.05) is 12.1 Å². The van der Waals surface area contributed by atoms with Crippen molar-refractivity contribution in [3.63, 3.8) is 0 Å². The Morgan fingerprint density at radius 3 is 2.41 bits per heavy atom. The Hall–Kier alpha value is -3.17. The zero-order chi connectivity index (χ0) is 24.7. The number of aliphatic hydroxyl groups is 1. The van der Waals surface area contributed by atoms with Crippen LogP contribution < -0.4 is 9.38 Å². The number of carbonyl (C=O) groups is 1. The fraction of sp³-hybridized carbons (Fsp3) is 0.350. The number of hydrogen-bond acceptors (Lipinski definition) is 10. The van der Waals surface area contributed by atoms with Crippen LogP contribution in [0, 0.1) is 15.9 Å². The third-order valence-corrected chi connectivity index (χ3v) is 6.67. The monoisotopic (exact) mass is 497 g/mol. The number of nitrogens with zero attached hydrogens (tertiary/aromatic N) is 3. The van der Waals surface area contributed by atoms with Crippen LogP contribution in [0.2, 0.25) is 0 Å². The summed E-state index contributed by atoms with van der Waals surface area (Å²) in [5.74, 6) is -0.729. The fourth-order valence-corrected chi connectivity index (χ4v) is 5.05. The Bertz CT molecular complexity index is 1250. The second-order valence-corrected chi connectivity index (χ2v) is 9.07. The number of halogens is 1. The molecule has 182 valence electrons. The van der Waals surface area contributed by atoms with Gasteiger partial charge in [0.1, 0.15) is 27.2 Å². The van der Waals surface area contributed by atoms with Crippen molar-refractivity contribution in [3.8, 4) is 0 Å². The van der Waals surface area contributed by atoms with Gasteiger partial charge in [-0.3, -0.25) is 10.1 Å². The molecule has 14 heteroatoms. The number of ether oxygens (including phenoxy) is 2. The van der Waals surface area contributed by atoms with Crippen LogP contribution in [-0.2, 0) is 19.6 Å². The number of quaternary nitrogens is 1. The van der Waals surface area contributed by atoms with Gasteiger partial charge in [0.25, 0.3) is 0 Å². The topological polar surface area (TPSA) is 159 Å². The maximum Gasteiger partial charge on any atom is 0.527 e. The number of cyclic esters (lactones) is 1. The summed E-state index contributed by atoms with van der Waals surface area (Å²) in [4.78, 5) is 24.8. The minimum Gasteiger partial charge on any atom is -0.744 e. The molecule has 1 amide bonds. The van der Waals surface area contributed by atoms with Crippen LogP contribution in [0.15, 0.2) is 41.3 Å². The van der Waals surface area contributed by atoms with Crippen molar-refractivity contribution in [3.05, 3.63) is 52.3 Å². The molecule has 2 atom stereocenters. The summed E-state index contributed by atoms with van der Waals surface area (Å²) >= 11 is 0. The Morgan fingerprint density at radius 2 is 1.82 bits per heavy atom. The van der Waals surface area contributed by atoms with Crippen molar-refractivity contribution in [2.75, 3.05) is 44.4 Å². The lowest BCUT2D eigenvalue weighted by Gasteiger charge is -2.35. The zero-order valence-electron chi connectivity index (χ0n) is 17.6. The minimum absolute atomic E-state index is 0.0500. The molecule has 0 spiro atoms. The lowest BCUT2D eigenvalue weighted by Crippen LogP contribution is -2.48. The first-order chi connectivity index (χ1) is 16.1. The minimum atomic E-state index is -5.32. The maximum atomic E-state index is 15.2. The highest BCUT2D eigenvalue weighted by atomic mass is 32.2. The number of para-hydroxylation sites is 2. The van der Waals surface area contributed by atoms with Gasteiger partial charge in [-0.05, 0) is 12.1 Å². The molecule has 0 saturated carbocycles. The molecule has 0 aromatic heterocycles. The van der Waals surface area contributed by atoms with Crippen molar-refractivity contribution in [2.45, 2.75) is 11.0 Å². The number of anilines is 1. The average molecular weight is 497 g/mol. The number of carbonyl (C=O) groups excluding carboxylic acids is 1. The van der Waals surface area contributed by atoms with Gasteiger partial charge in [0.05, 0.1) is 24.7 Å². The van der Waals surface area contributed by atoms with Gasteiger partial charge in [0.15, 0.2) is 17.6 Å². The molecule has 0 aliphatic carbocycles. The summed E-state index contributed by atoms with van der Waals surface area (Å²) in [5, 5.41) is 21.7. The van der Waals surface area contributed by atoms with Crippen molar-refractivity contribution < 1.29 is 41.7 Å². The van der Waals surface area contributed by atoms with E-state index >= 15 is 4.39 Å². The number of rotatable bonds is 6. The number of aliphatic hydroxyl groups excluding tert-OH is 1. The normalized spacial score (nSPS) is 23.1. The van der Waals surface area contributed by atoms with Crippen LogP contribution in [0.25, 0.3) is 0 Å². The van der Waals surface area contributed by atoms with E-state index in [0.29, 0.717) is 0 Å². The molecule has 2 fully saturated rings. The van der Waals surface area contributed by atoms with E-state index < -0.39 is 67.0 Å². The van der Waals surface area contributed by atoms with Gasteiger partial charge in [0, 0.05) is 25.2 Å². The first kappa shape index (κ1) is 24.0. The molecule has 2 aromatic carbocycles. The number of morpholine rings is 1. The quantitative estimate of drug-likeness (QED) is 0.269. The maximum absolute atomic E-state index is 15.2. The van der Waals surface area contributed by atoms with E-state index in [9.17, 15) is 33.0 Å². The van der Waals surface area contributed by atoms with Crippen LogP contribution in [0.4, 0.5) is 31.9 Å².